The van der Waals surface area contributed by atoms with E-state index in [1.54, 1.807) is 35.2 Å². The lowest BCUT2D eigenvalue weighted by molar-refractivity contribution is 0.0835. The fourth-order valence-electron chi connectivity index (χ4n) is 2.19. The maximum Gasteiger partial charge on any atom is 0.258 e. The molecule has 2 aromatic rings. The number of amides is 1. The second kappa shape index (κ2) is 7.48. The summed E-state index contributed by atoms with van der Waals surface area (Å²) in [5.74, 6) is -0.0848. The Balaban J connectivity index is 2.35. The van der Waals surface area contributed by atoms with E-state index in [2.05, 4.69) is 6.58 Å². The summed E-state index contributed by atoms with van der Waals surface area (Å²) < 4.78 is 0. The normalized spacial score (nSPS) is 10.3. The van der Waals surface area contributed by atoms with Crippen molar-refractivity contribution in [2.75, 3.05) is 6.54 Å². The molecular formula is C18H17Cl2NO. The smallest absolute Gasteiger partial charge is 0.258 e. The molecule has 0 atom stereocenters. The molecular weight excluding hydrogens is 317 g/mol. The van der Waals surface area contributed by atoms with Crippen LogP contribution in [-0.2, 0) is 0 Å². The summed E-state index contributed by atoms with van der Waals surface area (Å²) in [5.41, 5.74) is 1.92. The Bertz CT molecular complexity index is 683. The number of benzene rings is 2. The summed E-state index contributed by atoms with van der Waals surface area (Å²) >= 11 is 12.2. The average molecular weight is 334 g/mol. The van der Waals surface area contributed by atoms with Crippen LogP contribution in [0.3, 0.4) is 0 Å². The SMILES string of the molecule is C=C(c1ccc(Cl)cc1Cl)N(CCC)C(=O)c1ccccc1. The summed E-state index contributed by atoms with van der Waals surface area (Å²) in [4.78, 5) is 14.4. The molecule has 1 amide bonds. The van der Waals surface area contributed by atoms with Crippen molar-refractivity contribution in [2.45, 2.75) is 13.3 Å². The number of hydrogen-bond acceptors (Lipinski definition) is 1. The van der Waals surface area contributed by atoms with Crippen LogP contribution in [0.4, 0.5) is 0 Å². The third kappa shape index (κ3) is 3.70. The van der Waals surface area contributed by atoms with Crippen LogP contribution in [0.25, 0.3) is 5.70 Å². The molecule has 0 saturated heterocycles. The number of carbonyl (C=O) groups is 1. The molecule has 0 spiro atoms. The maximum atomic E-state index is 12.7. The van der Waals surface area contributed by atoms with Gasteiger partial charge in [0.25, 0.3) is 5.91 Å². The van der Waals surface area contributed by atoms with E-state index in [9.17, 15) is 4.79 Å². The molecule has 22 heavy (non-hydrogen) atoms. The first-order chi connectivity index (χ1) is 10.5. The Hall–Kier alpha value is -1.77. The molecule has 0 radical (unpaired) electrons. The van der Waals surface area contributed by atoms with E-state index in [1.165, 1.54) is 0 Å². The molecule has 2 aromatic carbocycles. The molecule has 2 nitrogen and oxygen atoms in total. The molecule has 0 unspecified atom stereocenters. The minimum absolute atomic E-state index is 0.0848. The maximum absolute atomic E-state index is 12.7. The first-order valence-electron chi connectivity index (χ1n) is 7.05. The number of halogens is 2. The third-order valence-electron chi connectivity index (χ3n) is 3.28. The van der Waals surface area contributed by atoms with E-state index < -0.39 is 0 Å². The fraction of sp³-hybridized carbons (Fsp3) is 0.167. The molecule has 2 rings (SSSR count). The highest BCUT2D eigenvalue weighted by Crippen LogP contribution is 2.29. The number of carbonyl (C=O) groups excluding carboxylic acids is 1. The molecule has 0 heterocycles. The van der Waals surface area contributed by atoms with Gasteiger partial charge in [-0.15, -0.1) is 0 Å². The second-order valence-electron chi connectivity index (χ2n) is 4.89. The Labute approximate surface area is 141 Å². The van der Waals surface area contributed by atoms with Crippen LogP contribution < -0.4 is 0 Å². The van der Waals surface area contributed by atoms with Crippen LogP contribution >= 0.6 is 23.2 Å². The Morgan fingerprint density at radius 2 is 1.82 bits per heavy atom. The lowest BCUT2D eigenvalue weighted by Crippen LogP contribution is -2.30. The van der Waals surface area contributed by atoms with Crippen LogP contribution in [0.2, 0.25) is 10.0 Å². The fourth-order valence-corrected chi connectivity index (χ4v) is 2.71. The summed E-state index contributed by atoms with van der Waals surface area (Å²) in [5, 5.41) is 1.04. The monoisotopic (exact) mass is 333 g/mol. The molecule has 4 heteroatoms. The predicted molar refractivity (Wildman–Crippen MR) is 93.3 cm³/mol. The number of rotatable bonds is 5. The minimum Gasteiger partial charge on any atom is -0.308 e. The van der Waals surface area contributed by atoms with Gasteiger partial charge < -0.3 is 4.90 Å². The van der Waals surface area contributed by atoms with E-state index in [1.807, 2.05) is 25.1 Å². The first-order valence-corrected chi connectivity index (χ1v) is 7.81. The molecule has 0 bridgehead atoms. The topological polar surface area (TPSA) is 20.3 Å². The van der Waals surface area contributed by atoms with Crippen molar-refractivity contribution >= 4 is 34.8 Å². The minimum atomic E-state index is -0.0848. The van der Waals surface area contributed by atoms with Crippen LogP contribution in [0, 0.1) is 0 Å². The summed E-state index contributed by atoms with van der Waals surface area (Å²) in [6.45, 7) is 6.65. The van der Waals surface area contributed by atoms with Gasteiger partial charge in [-0.3, -0.25) is 4.79 Å². The van der Waals surface area contributed by atoms with Crippen molar-refractivity contribution < 1.29 is 4.79 Å². The summed E-state index contributed by atoms with van der Waals surface area (Å²) in [6.07, 6.45) is 0.822. The first kappa shape index (κ1) is 16.6. The number of nitrogens with zero attached hydrogens (tertiary/aromatic N) is 1. The van der Waals surface area contributed by atoms with Crippen LogP contribution in [0.5, 0.6) is 0 Å². The van der Waals surface area contributed by atoms with Gasteiger partial charge in [-0.2, -0.15) is 0 Å². The zero-order valence-electron chi connectivity index (χ0n) is 12.4. The Morgan fingerprint density at radius 1 is 1.14 bits per heavy atom. The molecule has 0 aliphatic rings. The third-order valence-corrected chi connectivity index (χ3v) is 3.83. The Morgan fingerprint density at radius 3 is 2.41 bits per heavy atom. The van der Waals surface area contributed by atoms with Crippen LogP contribution in [0.1, 0.15) is 29.3 Å². The van der Waals surface area contributed by atoms with Gasteiger partial charge in [-0.05, 0) is 36.8 Å². The van der Waals surface area contributed by atoms with Gasteiger partial charge in [0.1, 0.15) is 0 Å². The quantitative estimate of drug-likeness (QED) is 0.705. The molecule has 0 N–H and O–H groups in total. The zero-order valence-corrected chi connectivity index (χ0v) is 13.9. The van der Waals surface area contributed by atoms with Crippen molar-refractivity contribution in [3.8, 4) is 0 Å². The molecule has 0 aromatic heterocycles. The highest BCUT2D eigenvalue weighted by Gasteiger charge is 2.20. The summed E-state index contributed by atoms with van der Waals surface area (Å²) in [7, 11) is 0. The molecule has 0 saturated carbocycles. The lowest BCUT2D eigenvalue weighted by atomic mass is 10.1. The lowest BCUT2D eigenvalue weighted by Gasteiger charge is -2.25. The zero-order chi connectivity index (χ0) is 16.1. The van der Waals surface area contributed by atoms with Gasteiger partial charge in [0.05, 0.1) is 5.02 Å². The van der Waals surface area contributed by atoms with Crippen molar-refractivity contribution in [3.63, 3.8) is 0 Å². The Kier molecular flexibility index (Phi) is 5.64. The van der Waals surface area contributed by atoms with E-state index in [0.717, 1.165) is 6.42 Å². The van der Waals surface area contributed by atoms with Gasteiger partial charge in [-0.1, -0.05) is 54.9 Å². The highest BCUT2D eigenvalue weighted by molar-refractivity contribution is 6.35. The summed E-state index contributed by atoms with van der Waals surface area (Å²) in [6, 6.07) is 14.3. The standard InChI is InChI=1S/C18H17Cl2NO/c1-3-11-21(18(22)14-7-5-4-6-8-14)13(2)16-10-9-15(19)12-17(16)20/h4-10,12H,2-3,11H2,1H3. The molecule has 0 aliphatic carbocycles. The van der Waals surface area contributed by atoms with E-state index in [-0.39, 0.29) is 5.91 Å². The van der Waals surface area contributed by atoms with E-state index >= 15 is 0 Å². The van der Waals surface area contributed by atoms with E-state index in [0.29, 0.717) is 33.4 Å². The largest absolute Gasteiger partial charge is 0.308 e. The molecule has 114 valence electrons. The van der Waals surface area contributed by atoms with Gasteiger partial charge in [-0.25, -0.2) is 0 Å². The van der Waals surface area contributed by atoms with E-state index in [4.69, 9.17) is 23.2 Å². The van der Waals surface area contributed by atoms with Crippen molar-refractivity contribution in [2.24, 2.45) is 0 Å². The number of hydrogen-bond donors (Lipinski definition) is 0. The van der Waals surface area contributed by atoms with Crippen LogP contribution in [0.15, 0.2) is 55.1 Å². The van der Waals surface area contributed by atoms with Gasteiger partial charge >= 0.3 is 0 Å². The van der Waals surface area contributed by atoms with Crippen molar-refractivity contribution in [1.29, 1.82) is 0 Å². The van der Waals surface area contributed by atoms with Crippen molar-refractivity contribution in [3.05, 3.63) is 76.3 Å². The van der Waals surface area contributed by atoms with Gasteiger partial charge in [0.15, 0.2) is 0 Å². The van der Waals surface area contributed by atoms with Crippen LogP contribution in [-0.4, -0.2) is 17.4 Å². The van der Waals surface area contributed by atoms with Crippen molar-refractivity contribution in [1.82, 2.24) is 4.90 Å². The van der Waals surface area contributed by atoms with Gasteiger partial charge in [0.2, 0.25) is 0 Å². The van der Waals surface area contributed by atoms with Gasteiger partial charge in [0, 0.05) is 28.4 Å². The average Bonchev–Trinajstić information content (AvgIpc) is 2.52. The second-order valence-corrected chi connectivity index (χ2v) is 5.74. The molecule has 0 fully saturated rings. The predicted octanol–water partition coefficient (Wildman–Crippen LogP) is 5.52. The highest BCUT2D eigenvalue weighted by atomic mass is 35.5. The molecule has 0 aliphatic heterocycles.